The van der Waals surface area contributed by atoms with E-state index in [-0.39, 0.29) is 0 Å². The Morgan fingerprint density at radius 2 is 0.914 bits per heavy atom. The van der Waals surface area contributed by atoms with Crippen molar-refractivity contribution in [2.24, 2.45) is 0 Å². The molecule has 0 radical (unpaired) electrons. The second-order valence-electron chi connectivity index (χ2n) is 14.8. The van der Waals surface area contributed by atoms with Crippen molar-refractivity contribution in [1.82, 2.24) is 19.5 Å². The SMILES string of the molecule is c1ccc(-c2nc(-c3ccc4ccccc4c3)nc(-c3ccc4c(c3)oc3cc(-n5c6ccccc6c6c7ccccc7c(-c7ccccc7)cc65)ccc34)n2)cc1. The molecule has 5 nitrogen and oxygen atoms in total. The van der Waals surface area contributed by atoms with Crippen molar-refractivity contribution in [3.63, 3.8) is 0 Å². The Morgan fingerprint density at radius 1 is 0.345 bits per heavy atom. The lowest BCUT2D eigenvalue weighted by Gasteiger charge is -2.12. The van der Waals surface area contributed by atoms with Gasteiger partial charge in [0.15, 0.2) is 17.5 Å². The molecule has 0 unspecified atom stereocenters. The molecule has 0 spiro atoms. The number of aromatic nitrogens is 4. The number of furan rings is 1. The fourth-order valence-corrected chi connectivity index (χ4v) is 8.69. The number of rotatable bonds is 5. The van der Waals surface area contributed by atoms with Gasteiger partial charge in [0.2, 0.25) is 0 Å². The van der Waals surface area contributed by atoms with Gasteiger partial charge in [-0.05, 0) is 75.1 Å². The van der Waals surface area contributed by atoms with Crippen molar-refractivity contribution in [2.45, 2.75) is 0 Å². The minimum absolute atomic E-state index is 0.590. The zero-order valence-electron chi connectivity index (χ0n) is 31.2. The summed E-state index contributed by atoms with van der Waals surface area (Å²) in [4.78, 5) is 15.0. The second-order valence-corrected chi connectivity index (χ2v) is 14.8. The maximum Gasteiger partial charge on any atom is 0.164 e. The monoisotopic (exact) mass is 740 g/mol. The number of para-hydroxylation sites is 1. The average Bonchev–Trinajstić information content (AvgIpc) is 3.84. The molecule has 12 rings (SSSR count). The van der Waals surface area contributed by atoms with Gasteiger partial charge in [0.1, 0.15) is 11.2 Å². The van der Waals surface area contributed by atoms with E-state index in [0.29, 0.717) is 17.5 Å². The van der Waals surface area contributed by atoms with Crippen LogP contribution in [0.3, 0.4) is 0 Å². The first-order valence-corrected chi connectivity index (χ1v) is 19.5. The molecule has 3 heterocycles. The second kappa shape index (κ2) is 12.8. The largest absolute Gasteiger partial charge is 0.456 e. The van der Waals surface area contributed by atoms with Gasteiger partial charge in [-0.15, -0.1) is 0 Å². The Hall–Kier alpha value is -7.89. The first-order chi connectivity index (χ1) is 28.7. The van der Waals surface area contributed by atoms with Gasteiger partial charge in [0.05, 0.1) is 11.0 Å². The van der Waals surface area contributed by atoms with Gasteiger partial charge in [-0.2, -0.15) is 0 Å². The van der Waals surface area contributed by atoms with Crippen LogP contribution in [-0.4, -0.2) is 19.5 Å². The van der Waals surface area contributed by atoms with E-state index in [1.54, 1.807) is 0 Å². The van der Waals surface area contributed by atoms with E-state index in [0.717, 1.165) is 60.7 Å². The standard InChI is InChI=1S/C53H32N4O/c1-3-14-34(15-4-1)45-32-47-50(43-20-10-9-19-40(43)45)44-21-11-12-22-46(44)57(47)39-26-28-42-41-27-25-38(30-48(41)58-49(42)31-39)53-55-51(35-16-5-2-6-17-35)54-52(56-53)37-24-23-33-13-7-8-18-36(33)29-37/h1-32H. The van der Waals surface area contributed by atoms with E-state index < -0.39 is 0 Å². The highest BCUT2D eigenvalue weighted by Crippen LogP contribution is 2.42. The smallest absolute Gasteiger partial charge is 0.164 e. The van der Waals surface area contributed by atoms with E-state index in [9.17, 15) is 0 Å². The lowest BCUT2D eigenvalue weighted by molar-refractivity contribution is 0.668. The maximum absolute atomic E-state index is 6.73. The Bertz CT molecular complexity index is 3570. The van der Waals surface area contributed by atoms with Gasteiger partial charge in [0, 0.05) is 50.0 Å². The lowest BCUT2D eigenvalue weighted by atomic mass is 9.95. The van der Waals surface area contributed by atoms with E-state index in [2.05, 4.69) is 168 Å². The Balaban J connectivity index is 1.02. The fraction of sp³-hybridized carbons (Fsp3) is 0. The minimum atomic E-state index is 0.590. The number of hydrogen-bond acceptors (Lipinski definition) is 4. The molecule has 0 aliphatic heterocycles. The third kappa shape index (κ3) is 5.14. The van der Waals surface area contributed by atoms with Crippen molar-refractivity contribution >= 4 is 65.3 Å². The van der Waals surface area contributed by atoms with Crippen LogP contribution in [-0.2, 0) is 0 Å². The Labute approximate surface area is 333 Å². The van der Waals surface area contributed by atoms with E-state index >= 15 is 0 Å². The van der Waals surface area contributed by atoms with E-state index in [1.807, 2.05) is 30.3 Å². The lowest BCUT2D eigenvalue weighted by Crippen LogP contribution is -2.00. The van der Waals surface area contributed by atoms with Crippen LogP contribution in [0.2, 0.25) is 0 Å². The molecule has 5 heteroatoms. The highest BCUT2D eigenvalue weighted by Gasteiger charge is 2.20. The summed E-state index contributed by atoms with van der Waals surface area (Å²) in [7, 11) is 0. The molecule has 0 atom stereocenters. The van der Waals surface area contributed by atoms with Crippen LogP contribution in [0.1, 0.15) is 0 Å². The summed E-state index contributed by atoms with van der Waals surface area (Å²) in [6.45, 7) is 0. The third-order valence-corrected chi connectivity index (χ3v) is 11.4. The summed E-state index contributed by atoms with van der Waals surface area (Å²) in [6, 6.07) is 68.1. The van der Waals surface area contributed by atoms with Gasteiger partial charge in [0.25, 0.3) is 0 Å². The van der Waals surface area contributed by atoms with Crippen LogP contribution in [0.25, 0.3) is 116 Å². The molecule has 9 aromatic carbocycles. The normalized spacial score (nSPS) is 11.8. The molecule has 0 bridgehead atoms. The summed E-state index contributed by atoms with van der Waals surface area (Å²) in [5, 5.41) is 9.35. The summed E-state index contributed by atoms with van der Waals surface area (Å²) in [5.74, 6) is 1.84. The predicted molar refractivity (Wildman–Crippen MR) is 238 cm³/mol. The summed E-state index contributed by atoms with van der Waals surface area (Å²) < 4.78 is 9.11. The fourth-order valence-electron chi connectivity index (χ4n) is 8.69. The van der Waals surface area contributed by atoms with Crippen LogP contribution in [0.15, 0.2) is 199 Å². The minimum Gasteiger partial charge on any atom is -0.456 e. The molecule has 0 aliphatic carbocycles. The van der Waals surface area contributed by atoms with Gasteiger partial charge in [-0.1, -0.05) is 146 Å². The topological polar surface area (TPSA) is 56.7 Å². The molecule has 0 saturated heterocycles. The molecule has 0 fully saturated rings. The van der Waals surface area contributed by atoms with Crippen LogP contribution in [0.5, 0.6) is 0 Å². The number of nitrogens with zero attached hydrogens (tertiary/aromatic N) is 4. The highest BCUT2D eigenvalue weighted by atomic mass is 16.3. The van der Waals surface area contributed by atoms with Crippen LogP contribution in [0.4, 0.5) is 0 Å². The molecule has 3 aromatic heterocycles. The first kappa shape index (κ1) is 32.4. The quantitative estimate of drug-likeness (QED) is 0.176. The van der Waals surface area contributed by atoms with Crippen LogP contribution < -0.4 is 0 Å². The molecule has 0 saturated carbocycles. The zero-order chi connectivity index (χ0) is 38.2. The molecule has 0 aliphatic rings. The van der Waals surface area contributed by atoms with Crippen molar-refractivity contribution < 1.29 is 4.42 Å². The van der Waals surface area contributed by atoms with Crippen molar-refractivity contribution in [2.75, 3.05) is 0 Å². The number of hydrogen-bond donors (Lipinski definition) is 0. The Kier molecular flexibility index (Phi) is 7.16. The summed E-state index contributed by atoms with van der Waals surface area (Å²) in [6.07, 6.45) is 0. The molecular weight excluding hydrogens is 709 g/mol. The van der Waals surface area contributed by atoms with Gasteiger partial charge < -0.3 is 8.98 Å². The highest BCUT2D eigenvalue weighted by molar-refractivity contribution is 6.24. The van der Waals surface area contributed by atoms with E-state index in [4.69, 9.17) is 19.4 Å². The molecular formula is C53H32N4O. The predicted octanol–water partition coefficient (Wildman–Crippen LogP) is 13.8. The molecule has 12 aromatic rings. The number of fused-ring (bicyclic) bond motifs is 9. The van der Waals surface area contributed by atoms with Gasteiger partial charge >= 0.3 is 0 Å². The molecule has 0 N–H and O–H groups in total. The van der Waals surface area contributed by atoms with E-state index in [1.165, 1.54) is 38.1 Å². The molecule has 0 amide bonds. The Morgan fingerprint density at radius 3 is 1.69 bits per heavy atom. The average molecular weight is 741 g/mol. The van der Waals surface area contributed by atoms with Crippen molar-refractivity contribution in [3.8, 4) is 51.0 Å². The van der Waals surface area contributed by atoms with Gasteiger partial charge in [-0.3, -0.25) is 0 Å². The molecule has 58 heavy (non-hydrogen) atoms. The van der Waals surface area contributed by atoms with Crippen molar-refractivity contribution in [1.29, 1.82) is 0 Å². The third-order valence-electron chi connectivity index (χ3n) is 11.4. The van der Waals surface area contributed by atoms with Crippen LogP contribution in [0, 0.1) is 0 Å². The van der Waals surface area contributed by atoms with Crippen LogP contribution >= 0.6 is 0 Å². The zero-order valence-corrected chi connectivity index (χ0v) is 31.2. The first-order valence-electron chi connectivity index (χ1n) is 19.5. The van der Waals surface area contributed by atoms with Crippen molar-refractivity contribution in [3.05, 3.63) is 194 Å². The summed E-state index contributed by atoms with van der Waals surface area (Å²) in [5.41, 5.74) is 10.1. The molecule has 270 valence electrons. The number of benzene rings is 9. The summed E-state index contributed by atoms with van der Waals surface area (Å²) >= 11 is 0. The van der Waals surface area contributed by atoms with Gasteiger partial charge in [-0.25, -0.2) is 15.0 Å². The maximum atomic E-state index is 6.73.